The molecule has 0 amide bonds. The molecule has 0 bridgehead atoms. The number of carbonyl (C=O) groups is 1. The highest BCUT2D eigenvalue weighted by atomic mass is 16.4. The molecule has 1 aromatic rings. The van der Waals surface area contributed by atoms with Crippen molar-refractivity contribution in [3.05, 3.63) is 30.6 Å². The zero-order valence-corrected chi connectivity index (χ0v) is 6.60. The molecular weight excluding hydrogens is 156 g/mol. The number of nitrogens with zero attached hydrogens (tertiary/aromatic N) is 2. The van der Waals surface area contributed by atoms with Crippen LogP contribution >= 0.6 is 0 Å². The summed E-state index contributed by atoms with van der Waals surface area (Å²) in [5.41, 5.74) is 0.213. The van der Waals surface area contributed by atoms with Crippen molar-refractivity contribution in [1.82, 2.24) is 9.78 Å². The number of aryl methyl sites for hydroxylation is 1. The second kappa shape index (κ2) is 3.71. The van der Waals surface area contributed by atoms with Crippen LogP contribution in [0.2, 0.25) is 0 Å². The maximum absolute atomic E-state index is 10.3. The van der Waals surface area contributed by atoms with Gasteiger partial charge in [0.2, 0.25) is 0 Å². The summed E-state index contributed by atoms with van der Waals surface area (Å²) in [6, 6.07) is 1.80. The molecular formula is C8H10N2O2. The van der Waals surface area contributed by atoms with Crippen LogP contribution in [0.25, 0.3) is 0 Å². The summed E-state index contributed by atoms with van der Waals surface area (Å²) in [6.07, 6.45) is 3.87. The molecule has 0 saturated heterocycles. The molecule has 12 heavy (non-hydrogen) atoms. The largest absolute Gasteiger partial charge is 0.478 e. The SMILES string of the molecule is C=C(CCn1cccn1)C(=O)O. The normalized spacial score (nSPS) is 9.67. The summed E-state index contributed by atoms with van der Waals surface area (Å²) in [7, 11) is 0. The average molecular weight is 166 g/mol. The van der Waals surface area contributed by atoms with Crippen molar-refractivity contribution in [2.75, 3.05) is 0 Å². The minimum absolute atomic E-state index is 0.213. The number of aromatic nitrogens is 2. The van der Waals surface area contributed by atoms with E-state index in [1.165, 1.54) is 0 Å². The molecule has 1 aromatic heterocycles. The molecule has 0 aliphatic rings. The fourth-order valence-electron chi connectivity index (χ4n) is 0.789. The molecule has 1 heterocycles. The maximum Gasteiger partial charge on any atom is 0.331 e. The van der Waals surface area contributed by atoms with Gasteiger partial charge in [-0.25, -0.2) is 4.79 Å². The molecule has 1 N–H and O–H groups in total. The highest BCUT2D eigenvalue weighted by Gasteiger charge is 2.02. The van der Waals surface area contributed by atoms with Crippen LogP contribution in [0.5, 0.6) is 0 Å². The van der Waals surface area contributed by atoms with Crippen LogP contribution in [0.4, 0.5) is 0 Å². The summed E-state index contributed by atoms with van der Waals surface area (Å²) in [4.78, 5) is 10.3. The van der Waals surface area contributed by atoms with E-state index in [1.54, 1.807) is 23.1 Å². The molecule has 0 fully saturated rings. The van der Waals surface area contributed by atoms with E-state index in [9.17, 15) is 4.79 Å². The Morgan fingerprint density at radius 1 is 1.67 bits per heavy atom. The van der Waals surface area contributed by atoms with Gasteiger partial charge in [-0.1, -0.05) is 6.58 Å². The smallest absolute Gasteiger partial charge is 0.331 e. The number of aliphatic carboxylic acids is 1. The number of rotatable bonds is 4. The molecule has 0 aromatic carbocycles. The van der Waals surface area contributed by atoms with E-state index in [4.69, 9.17) is 5.11 Å². The van der Waals surface area contributed by atoms with Gasteiger partial charge in [0.25, 0.3) is 0 Å². The highest BCUT2D eigenvalue weighted by molar-refractivity contribution is 5.85. The van der Waals surface area contributed by atoms with Crippen molar-refractivity contribution < 1.29 is 9.90 Å². The van der Waals surface area contributed by atoms with Crippen molar-refractivity contribution in [1.29, 1.82) is 0 Å². The number of hydrogen-bond donors (Lipinski definition) is 1. The summed E-state index contributed by atoms with van der Waals surface area (Å²) in [5, 5.41) is 12.4. The first-order chi connectivity index (χ1) is 5.70. The quantitative estimate of drug-likeness (QED) is 0.676. The van der Waals surface area contributed by atoms with Gasteiger partial charge in [0.1, 0.15) is 0 Å². The zero-order chi connectivity index (χ0) is 8.97. The number of hydrogen-bond acceptors (Lipinski definition) is 2. The molecule has 0 atom stereocenters. The van der Waals surface area contributed by atoms with Crippen LogP contribution in [0, 0.1) is 0 Å². The van der Waals surface area contributed by atoms with Gasteiger partial charge in [0.15, 0.2) is 0 Å². The van der Waals surface area contributed by atoms with Crippen molar-refractivity contribution in [3.63, 3.8) is 0 Å². The lowest BCUT2D eigenvalue weighted by Gasteiger charge is -2.00. The van der Waals surface area contributed by atoms with Gasteiger partial charge >= 0.3 is 5.97 Å². The highest BCUT2D eigenvalue weighted by Crippen LogP contribution is 1.99. The van der Waals surface area contributed by atoms with Gasteiger partial charge in [0.05, 0.1) is 0 Å². The first-order valence-corrected chi connectivity index (χ1v) is 3.58. The van der Waals surface area contributed by atoms with Crippen LogP contribution in [-0.2, 0) is 11.3 Å². The Morgan fingerprint density at radius 2 is 2.42 bits per heavy atom. The lowest BCUT2D eigenvalue weighted by Crippen LogP contribution is -2.04. The van der Waals surface area contributed by atoms with Crippen LogP contribution in [0.15, 0.2) is 30.6 Å². The second-order valence-electron chi connectivity index (χ2n) is 2.43. The topological polar surface area (TPSA) is 55.1 Å². The zero-order valence-electron chi connectivity index (χ0n) is 6.60. The minimum atomic E-state index is -0.942. The Kier molecular flexibility index (Phi) is 2.63. The first kappa shape index (κ1) is 8.52. The Balaban J connectivity index is 2.37. The van der Waals surface area contributed by atoms with Gasteiger partial charge in [-0.05, 0) is 12.5 Å². The monoisotopic (exact) mass is 166 g/mol. The molecule has 64 valence electrons. The predicted molar refractivity (Wildman–Crippen MR) is 43.6 cm³/mol. The third-order valence-corrected chi connectivity index (χ3v) is 1.50. The molecule has 4 nitrogen and oxygen atoms in total. The minimum Gasteiger partial charge on any atom is -0.478 e. The lowest BCUT2D eigenvalue weighted by atomic mass is 10.2. The van der Waals surface area contributed by atoms with Crippen molar-refractivity contribution >= 4 is 5.97 Å². The standard InChI is InChI=1S/C8H10N2O2/c1-7(8(11)12)3-6-10-5-2-4-9-10/h2,4-5H,1,3,6H2,(H,11,12). The lowest BCUT2D eigenvalue weighted by molar-refractivity contribution is -0.132. The van der Waals surface area contributed by atoms with Gasteiger partial charge in [0, 0.05) is 24.5 Å². The molecule has 0 spiro atoms. The fraction of sp³-hybridized carbons (Fsp3) is 0.250. The van der Waals surface area contributed by atoms with E-state index >= 15 is 0 Å². The molecule has 0 unspecified atom stereocenters. The summed E-state index contributed by atoms with van der Waals surface area (Å²) in [5.74, 6) is -0.942. The van der Waals surface area contributed by atoms with Crippen LogP contribution in [0.3, 0.4) is 0 Å². The Hall–Kier alpha value is -1.58. The third-order valence-electron chi connectivity index (χ3n) is 1.50. The number of carboxylic acid groups (broad SMARTS) is 1. The molecule has 1 rings (SSSR count). The maximum atomic E-state index is 10.3. The van der Waals surface area contributed by atoms with Crippen molar-refractivity contribution in [2.45, 2.75) is 13.0 Å². The number of carboxylic acids is 1. The average Bonchev–Trinajstić information content (AvgIpc) is 2.51. The molecule has 0 radical (unpaired) electrons. The Morgan fingerprint density at radius 3 is 2.92 bits per heavy atom. The van der Waals surface area contributed by atoms with E-state index in [1.807, 2.05) is 0 Å². The first-order valence-electron chi connectivity index (χ1n) is 3.58. The Bertz CT molecular complexity index is 277. The van der Waals surface area contributed by atoms with Gasteiger partial charge in [-0.15, -0.1) is 0 Å². The van der Waals surface area contributed by atoms with E-state index < -0.39 is 5.97 Å². The van der Waals surface area contributed by atoms with Crippen molar-refractivity contribution in [3.8, 4) is 0 Å². The molecule has 0 saturated carbocycles. The van der Waals surface area contributed by atoms with E-state index in [-0.39, 0.29) is 5.57 Å². The summed E-state index contributed by atoms with van der Waals surface area (Å²) < 4.78 is 1.67. The molecule has 4 heteroatoms. The van der Waals surface area contributed by atoms with E-state index in [0.29, 0.717) is 13.0 Å². The van der Waals surface area contributed by atoms with Crippen molar-refractivity contribution in [2.24, 2.45) is 0 Å². The van der Waals surface area contributed by atoms with Crippen LogP contribution < -0.4 is 0 Å². The fourth-order valence-corrected chi connectivity index (χ4v) is 0.789. The second-order valence-corrected chi connectivity index (χ2v) is 2.43. The van der Waals surface area contributed by atoms with Crippen LogP contribution in [0.1, 0.15) is 6.42 Å². The third kappa shape index (κ3) is 2.23. The van der Waals surface area contributed by atoms with Crippen LogP contribution in [-0.4, -0.2) is 20.9 Å². The predicted octanol–water partition coefficient (Wildman–Crippen LogP) is 0.914. The molecule has 0 aliphatic carbocycles. The van der Waals surface area contributed by atoms with Gasteiger partial charge in [-0.2, -0.15) is 5.10 Å². The Labute approximate surface area is 70.1 Å². The molecule has 0 aliphatic heterocycles. The summed E-state index contributed by atoms with van der Waals surface area (Å²) in [6.45, 7) is 3.98. The van der Waals surface area contributed by atoms with Gasteiger partial charge in [-0.3, -0.25) is 4.68 Å². The summed E-state index contributed by atoms with van der Waals surface area (Å²) >= 11 is 0. The van der Waals surface area contributed by atoms with E-state index in [2.05, 4.69) is 11.7 Å². The van der Waals surface area contributed by atoms with E-state index in [0.717, 1.165) is 0 Å². The van der Waals surface area contributed by atoms with Gasteiger partial charge < -0.3 is 5.11 Å².